The van der Waals surface area contributed by atoms with Crippen molar-refractivity contribution in [3.8, 4) is 0 Å². The molecule has 1 N–H and O–H groups in total. The fourth-order valence-electron chi connectivity index (χ4n) is 1.78. The molecule has 0 saturated carbocycles. The number of benzene rings is 1. The molecule has 0 bridgehead atoms. The van der Waals surface area contributed by atoms with Gasteiger partial charge in [-0.1, -0.05) is 36.4 Å². The van der Waals surface area contributed by atoms with E-state index in [0.29, 0.717) is 0 Å². The van der Waals surface area contributed by atoms with Crippen LogP contribution >= 0.6 is 0 Å². The Labute approximate surface area is 90.2 Å². The molecule has 1 aromatic carbocycles. The maximum absolute atomic E-state index is 8.77. The second kappa shape index (κ2) is 4.60. The first-order valence-electron chi connectivity index (χ1n) is 5.31. The minimum Gasteiger partial charge on any atom is -0.396 e. The van der Waals surface area contributed by atoms with Gasteiger partial charge in [-0.2, -0.15) is 0 Å². The predicted molar refractivity (Wildman–Crippen MR) is 60.5 cm³/mol. The van der Waals surface area contributed by atoms with E-state index in [0.717, 1.165) is 6.42 Å². The average molecular weight is 204 g/mol. The topological polar surface area (TPSA) is 32.8 Å². The van der Waals surface area contributed by atoms with E-state index in [1.54, 1.807) is 0 Å². The minimum absolute atomic E-state index is 0.208. The molecule has 2 unspecified atom stereocenters. The molecule has 2 heteroatoms. The SMILES string of the molecule is C/C(=C\c1ccccc1)C1OC1CCO. The van der Waals surface area contributed by atoms with Crippen LogP contribution < -0.4 is 0 Å². The summed E-state index contributed by atoms with van der Waals surface area (Å²) in [4.78, 5) is 0. The molecule has 0 aromatic heterocycles. The normalized spacial score (nSPS) is 25.3. The minimum atomic E-state index is 0.208. The Morgan fingerprint density at radius 3 is 2.80 bits per heavy atom. The van der Waals surface area contributed by atoms with Crippen LogP contribution in [0.2, 0.25) is 0 Å². The summed E-state index contributed by atoms with van der Waals surface area (Å²) in [5.74, 6) is 0. The van der Waals surface area contributed by atoms with Crippen molar-refractivity contribution >= 4 is 6.08 Å². The van der Waals surface area contributed by atoms with Crippen molar-refractivity contribution in [1.82, 2.24) is 0 Å². The summed E-state index contributed by atoms with van der Waals surface area (Å²) >= 11 is 0. The molecule has 1 fully saturated rings. The number of rotatable bonds is 4. The fourth-order valence-corrected chi connectivity index (χ4v) is 1.78. The lowest BCUT2D eigenvalue weighted by Crippen LogP contribution is -1.98. The standard InChI is InChI=1S/C13H16O2/c1-10(13-12(15-13)7-8-14)9-11-5-3-2-4-6-11/h2-6,9,12-14H,7-8H2,1H3/b10-9+. The molecule has 2 atom stereocenters. The van der Waals surface area contributed by atoms with Crippen LogP contribution in [0.4, 0.5) is 0 Å². The van der Waals surface area contributed by atoms with Gasteiger partial charge < -0.3 is 9.84 Å². The molecule has 1 aliphatic heterocycles. The third-order valence-electron chi connectivity index (χ3n) is 2.64. The van der Waals surface area contributed by atoms with Crippen LogP contribution in [0.5, 0.6) is 0 Å². The highest BCUT2D eigenvalue weighted by Crippen LogP contribution is 2.32. The molecule has 1 aromatic rings. The van der Waals surface area contributed by atoms with Crippen molar-refractivity contribution in [2.45, 2.75) is 25.6 Å². The van der Waals surface area contributed by atoms with Crippen molar-refractivity contribution in [2.24, 2.45) is 0 Å². The molecule has 2 nitrogen and oxygen atoms in total. The van der Waals surface area contributed by atoms with Crippen molar-refractivity contribution in [1.29, 1.82) is 0 Å². The van der Waals surface area contributed by atoms with Crippen LogP contribution in [0.25, 0.3) is 6.08 Å². The Hall–Kier alpha value is -1.12. The first kappa shape index (κ1) is 10.4. The van der Waals surface area contributed by atoms with Gasteiger partial charge in [0.25, 0.3) is 0 Å². The van der Waals surface area contributed by atoms with E-state index < -0.39 is 0 Å². The molecule has 80 valence electrons. The second-order valence-corrected chi connectivity index (χ2v) is 3.91. The largest absolute Gasteiger partial charge is 0.396 e. The molecular weight excluding hydrogens is 188 g/mol. The average Bonchev–Trinajstić information content (AvgIpc) is 2.99. The molecule has 1 saturated heterocycles. The number of epoxide rings is 1. The highest BCUT2D eigenvalue weighted by Gasteiger charge is 2.38. The highest BCUT2D eigenvalue weighted by atomic mass is 16.6. The van der Waals surface area contributed by atoms with Gasteiger partial charge in [0.15, 0.2) is 0 Å². The van der Waals surface area contributed by atoms with Gasteiger partial charge in [0.05, 0.1) is 6.10 Å². The van der Waals surface area contributed by atoms with Crippen molar-refractivity contribution in [2.75, 3.05) is 6.61 Å². The monoisotopic (exact) mass is 204 g/mol. The molecule has 1 heterocycles. The van der Waals surface area contributed by atoms with Crippen molar-refractivity contribution < 1.29 is 9.84 Å². The summed E-state index contributed by atoms with van der Waals surface area (Å²) in [5, 5.41) is 8.77. The van der Waals surface area contributed by atoms with Gasteiger partial charge in [0.1, 0.15) is 6.10 Å². The molecule has 2 rings (SSSR count). The number of hydrogen-bond donors (Lipinski definition) is 1. The first-order valence-corrected chi connectivity index (χ1v) is 5.31. The van der Waals surface area contributed by atoms with E-state index in [1.807, 2.05) is 18.2 Å². The third-order valence-corrected chi connectivity index (χ3v) is 2.64. The van der Waals surface area contributed by atoms with E-state index in [-0.39, 0.29) is 18.8 Å². The lowest BCUT2D eigenvalue weighted by atomic mass is 10.1. The van der Waals surface area contributed by atoms with Crippen LogP contribution in [0, 0.1) is 0 Å². The fraction of sp³-hybridized carbons (Fsp3) is 0.385. The van der Waals surface area contributed by atoms with E-state index in [1.165, 1.54) is 11.1 Å². The van der Waals surface area contributed by atoms with Crippen LogP contribution in [0.3, 0.4) is 0 Å². The quantitative estimate of drug-likeness (QED) is 0.763. The van der Waals surface area contributed by atoms with Crippen LogP contribution in [0.1, 0.15) is 18.9 Å². The van der Waals surface area contributed by atoms with E-state index in [2.05, 4.69) is 25.1 Å². The molecule has 0 radical (unpaired) electrons. The van der Waals surface area contributed by atoms with Gasteiger partial charge in [-0.15, -0.1) is 0 Å². The zero-order valence-corrected chi connectivity index (χ0v) is 8.89. The van der Waals surface area contributed by atoms with Gasteiger partial charge in [-0.25, -0.2) is 0 Å². The molecular formula is C13H16O2. The van der Waals surface area contributed by atoms with Crippen LogP contribution in [0.15, 0.2) is 35.9 Å². The Kier molecular flexibility index (Phi) is 3.19. The molecule has 0 amide bonds. The number of ether oxygens (including phenoxy) is 1. The Balaban J connectivity index is 1.97. The van der Waals surface area contributed by atoms with Crippen LogP contribution in [-0.4, -0.2) is 23.9 Å². The maximum Gasteiger partial charge on any atom is 0.105 e. The molecule has 0 aliphatic carbocycles. The van der Waals surface area contributed by atoms with Crippen molar-refractivity contribution in [3.05, 3.63) is 41.5 Å². The lowest BCUT2D eigenvalue weighted by molar-refractivity contribution is 0.263. The van der Waals surface area contributed by atoms with Gasteiger partial charge in [0.2, 0.25) is 0 Å². The number of hydrogen-bond acceptors (Lipinski definition) is 2. The van der Waals surface area contributed by atoms with Gasteiger partial charge >= 0.3 is 0 Å². The molecule has 0 spiro atoms. The van der Waals surface area contributed by atoms with Gasteiger partial charge in [-0.3, -0.25) is 0 Å². The Morgan fingerprint density at radius 1 is 1.40 bits per heavy atom. The zero-order chi connectivity index (χ0) is 10.7. The summed E-state index contributed by atoms with van der Waals surface area (Å²) in [5.41, 5.74) is 2.44. The second-order valence-electron chi connectivity index (χ2n) is 3.91. The Morgan fingerprint density at radius 2 is 2.13 bits per heavy atom. The summed E-state index contributed by atoms with van der Waals surface area (Å²) < 4.78 is 5.46. The summed E-state index contributed by atoms with van der Waals surface area (Å²) in [6.45, 7) is 2.29. The van der Waals surface area contributed by atoms with E-state index >= 15 is 0 Å². The maximum atomic E-state index is 8.77. The van der Waals surface area contributed by atoms with Crippen molar-refractivity contribution in [3.63, 3.8) is 0 Å². The lowest BCUT2D eigenvalue weighted by Gasteiger charge is -1.96. The molecule has 15 heavy (non-hydrogen) atoms. The van der Waals surface area contributed by atoms with E-state index in [4.69, 9.17) is 9.84 Å². The van der Waals surface area contributed by atoms with Crippen LogP contribution in [-0.2, 0) is 4.74 Å². The summed E-state index contributed by atoms with van der Waals surface area (Å²) in [6.07, 6.45) is 3.33. The summed E-state index contributed by atoms with van der Waals surface area (Å²) in [7, 11) is 0. The predicted octanol–water partition coefficient (Wildman–Crippen LogP) is 2.24. The summed E-state index contributed by atoms with van der Waals surface area (Å²) in [6, 6.07) is 10.2. The number of aliphatic hydroxyl groups is 1. The third kappa shape index (κ3) is 2.67. The molecule has 1 aliphatic rings. The highest BCUT2D eigenvalue weighted by molar-refractivity contribution is 5.54. The zero-order valence-electron chi connectivity index (χ0n) is 8.89. The van der Waals surface area contributed by atoms with Gasteiger partial charge in [-0.05, 0) is 24.5 Å². The number of aliphatic hydroxyl groups excluding tert-OH is 1. The Bertz CT molecular complexity index is 343. The smallest absolute Gasteiger partial charge is 0.105 e. The first-order chi connectivity index (χ1) is 7.31. The van der Waals surface area contributed by atoms with E-state index in [9.17, 15) is 0 Å². The van der Waals surface area contributed by atoms with Gasteiger partial charge in [0, 0.05) is 6.61 Å².